The summed E-state index contributed by atoms with van der Waals surface area (Å²) in [6, 6.07) is 16.7. The Morgan fingerprint density at radius 3 is 2.57 bits per heavy atom. The molecule has 1 saturated carbocycles. The number of carboxylic acids is 1. The lowest BCUT2D eigenvalue weighted by molar-refractivity contribution is -0.118. The van der Waals surface area contributed by atoms with Crippen molar-refractivity contribution in [2.45, 2.75) is 37.5 Å². The van der Waals surface area contributed by atoms with E-state index in [1.54, 1.807) is 12.1 Å². The van der Waals surface area contributed by atoms with Crippen LogP contribution in [0, 0.1) is 0 Å². The van der Waals surface area contributed by atoms with E-state index < -0.39 is 11.4 Å². The van der Waals surface area contributed by atoms with E-state index in [-0.39, 0.29) is 31.0 Å². The Hall–Kier alpha value is -3.35. The number of nitrogens with one attached hydrogen (secondary N) is 1. The molecule has 35 heavy (non-hydrogen) atoms. The van der Waals surface area contributed by atoms with Crippen LogP contribution in [0.1, 0.15) is 59.2 Å². The fourth-order valence-corrected chi connectivity index (χ4v) is 5.48. The van der Waals surface area contributed by atoms with Crippen LogP contribution < -0.4 is 10.1 Å². The number of carbonyl (C=O) groups excluding carboxylic acids is 1. The van der Waals surface area contributed by atoms with Gasteiger partial charge in [-0.15, -0.1) is 0 Å². The summed E-state index contributed by atoms with van der Waals surface area (Å²) in [5.41, 5.74) is 4.48. The molecule has 1 aliphatic carbocycles. The molecule has 0 bridgehead atoms. The van der Waals surface area contributed by atoms with Crippen molar-refractivity contribution in [1.29, 1.82) is 0 Å². The van der Waals surface area contributed by atoms with Gasteiger partial charge in [-0.1, -0.05) is 49.7 Å². The fraction of sp³-hybridized carbons (Fsp3) is 0.286. The van der Waals surface area contributed by atoms with Crippen molar-refractivity contribution in [3.8, 4) is 16.9 Å². The van der Waals surface area contributed by atoms with Gasteiger partial charge < -0.3 is 20.3 Å². The van der Waals surface area contributed by atoms with Gasteiger partial charge in [-0.25, -0.2) is 4.79 Å². The minimum absolute atomic E-state index is 0.0587. The summed E-state index contributed by atoms with van der Waals surface area (Å²) in [4.78, 5) is 25.1. The van der Waals surface area contributed by atoms with Crippen LogP contribution >= 0.6 is 11.6 Å². The first kappa shape index (κ1) is 23.4. The lowest BCUT2D eigenvalue weighted by Crippen LogP contribution is -2.21. The number of anilines is 1. The number of benzene rings is 3. The van der Waals surface area contributed by atoms with Crippen LogP contribution in [-0.2, 0) is 10.2 Å². The van der Waals surface area contributed by atoms with Gasteiger partial charge in [0.25, 0.3) is 0 Å². The highest BCUT2D eigenvalue weighted by molar-refractivity contribution is 6.34. The summed E-state index contributed by atoms with van der Waals surface area (Å²) in [5, 5.41) is 22.2. The Morgan fingerprint density at radius 1 is 1.17 bits per heavy atom. The number of carbonyl (C=O) groups is 2. The van der Waals surface area contributed by atoms with Crippen LogP contribution in [0.4, 0.5) is 5.69 Å². The molecule has 1 heterocycles. The average Bonchev–Trinajstić information content (AvgIpc) is 3.53. The van der Waals surface area contributed by atoms with E-state index in [0.717, 1.165) is 27.8 Å². The van der Waals surface area contributed by atoms with E-state index in [0.29, 0.717) is 28.4 Å². The van der Waals surface area contributed by atoms with Crippen molar-refractivity contribution >= 4 is 29.2 Å². The Balaban J connectivity index is 1.51. The van der Waals surface area contributed by atoms with E-state index in [1.807, 2.05) is 56.3 Å². The Labute approximate surface area is 208 Å². The molecule has 1 amide bonds. The molecule has 5 rings (SSSR count). The molecule has 1 spiro atoms. The average molecular weight is 492 g/mol. The number of ether oxygens (including phenoxy) is 1. The van der Waals surface area contributed by atoms with Crippen molar-refractivity contribution < 1.29 is 24.5 Å². The van der Waals surface area contributed by atoms with Gasteiger partial charge in [-0.05, 0) is 64.9 Å². The molecule has 3 N–H and O–H groups in total. The van der Waals surface area contributed by atoms with Gasteiger partial charge in [0.1, 0.15) is 12.4 Å². The third-order valence-corrected chi connectivity index (χ3v) is 7.37. The lowest BCUT2D eigenvalue weighted by atomic mass is 9.88. The molecule has 180 valence electrons. The second-order valence-corrected chi connectivity index (χ2v) is 9.87. The van der Waals surface area contributed by atoms with E-state index in [2.05, 4.69) is 5.32 Å². The predicted octanol–water partition coefficient (Wildman–Crippen LogP) is 5.58. The first-order valence-corrected chi connectivity index (χ1v) is 12.0. The first-order chi connectivity index (χ1) is 16.8. The number of aliphatic hydroxyl groups is 1. The van der Waals surface area contributed by atoms with Gasteiger partial charge in [0.2, 0.25) is 5.91 Å². The molecular weight excluding hydrogens is 466 g/mol. The van der Waals surface area contributed by atoms with Crippen molar-refractivity contribution in [3.05, 3.63) is 81.9 Å². The molecule has 3 aromatic carbocycles. The van der Waals surface area contributed by atoms with Crippen molar-refractivity contribution in [2.75, 3.05) is 18.5 Å². The number of rotatable bonds is 7. The second-order valence-electron chi connectivity index (χ2n) is 9.46. The summed E-state index contributed by atoms with van der Waals surface area (Å²) in [5.74, 6) is -0.407. The summed E-state index contributed by atoms with van der Waals surface area (Å²) in [6.45, 7) is 4.10. The number of aromatic carboxylic acids is 1. The number of aliphatic hydroxyl groups excluding tert-OH is 1. The monoisotopic (exact) mass is 491 g/mol. The highest BCUT2D eigenvalue weighted by Crippen LogP contribution is 2.65. The quantitative estimate of drug-likeness (QED) is 0.401. The fourth-order valence-electron chi connectivity index (χ4n) is 5.21. The Morgan fingerprint density at radius 2 is 1.91 bits per heavy atom. The Bertz CT molecular complexity index is 1330. The van der Waals surface area contributed by atoms with Crippen LogP contribution in [0.5, 0.6) is 5.75 Å². The molecule has 2 aliphatic rings. The van der Waals surface area contributed by atoms with Crippen LogP contribution in [-0.4, -0.2) is 35.3 Å². The van der Waals surface area contributed by atoms with Gasteiger partial charge in [-0.3, -0.25) is 4.79 Å². The van der Waals surface area contributed by atoms with Crippen molar-refractivity contribution in [1.82, 2.24) is 0 Å². The predicted molar refractivity (Wildman–Crippen MR) is 135 cm³/mol. The van der Waals surface area contributed by atoms with E-state index in [4.69, 9.17) is 21.4 Å². The largest absolute Gasteiger partial charge is 0.491 e. The first-order valence-electron chi connectivity index (χ1n) is 11.6. The number of carboxylic acid groups (broad SMARTS) is 1. The topological polar surface area (TPSA) is 95.9 Å². The maximum absolute atomic E-state index is 13.2. The number of fused-ring (bicyclic) bond motifs is 2. The zero-order valence-electron chi connectivity index (χ0n) is 19.5. The molecule has 0 saturated heterocycles. The maximum Gasteiger partial charge on any atom is 0.335 e. The van der Waals surface area contributed by atoms with Crippen LogP contribution in [0.25, 0.3) is 11.1 Å². The summed E-state index contributed by atoms with van der Waals surface area (Å²) in [6.07, 6.45) is 0.612. The van der Waals surface area contributed by atoms with Gasteiger partial charge in [0.05, 0.1) is 22.6 Å². The number of amides is 1. The molecule has 7 heteroatoms. The van der Waals surface area contributed by atoms with Gasteiger partial charge in [0, 0.05) is 17.2 Å². The maximum atomic E-state index is 13.2. The number of hydrogen-bond acceptors (Lipinski definition) is 4. The second kappa shape index (κ2) is 8.70. The van der Waals surface area contributed by atoms with Crippen LogP contribution in [0.2, 0.25) is 5.02 Å². The molecule has 6 nitrogen and oxygen atoms in total. The summed E-state index contributed by atoms with van der Waals surface area (Å²) >= 11 is 6.60. The SMILES string of the molecule is CC(C)c1ccc(C2CC23C(=O)Nc2cc(Cl)c(-c4ccc(OCCO)cc4)cc23)cc1C(=O)O. The molecule has 0 aromatic heterocycles. The highest BCUT2D eigenvalue weighted by Gasteiger charge is 2.65. The zero-order valence-corrected chi connectivity index (χ0v) is 20.2. The van der Waals surface area contributed by atoms with Gasteiger partial charge >= 0.3 is 5.97 Å². The lowest BCUT2D eigenvalue weighted by Gasteiger charge is -2.15. The van der Waals surface area contributed by atoms with E-state index >= 15 is 0 Å². The van der Waals surface area contributed by atoms with E-state index in [9.17, 15) is 14.7 Å². The third-order valence-electron chi connectivity index (χ3n) is 7.06. The normalized spacial score (nSPS) is 20.1. The van der Waals surface area contributed by atoms with Crippen molar-refractivity contribution in [3.63, 3.8) is 0 Å². The highest BCUT2D eigenvalue weighted by atomic mass is 35.5. The number of halogens is 1. The molecule has 1 aliphatic heterocycles. The molecule has 2 unspecified atom stereocenters. The third kappa shape index (κ3) is 3.87. The van der Waals surface area contributed by atoms with Crippen LogP contribution in [0.3, 0.4) is 0 Å². The number of hydrogen-bond donors (Lipinski definition) is 3. The molecule has 0 radical (unpaired) electrons. The molecular formula is C28H26ClNO5. The minimum atomic E-state index is -0.956. The minimum Gasteiger partial charge on any atom is -0.491 e. The van der Waals surface area contributed by atoms with Gasteiger partial charge in [0.15, 0.2) is 0 Å². The standard InChI is InChI=1S/C28H26ClNO5/c1-15(2)19-8-5-17(11-21(19)26(32)33)23-14-28(23)22-12-20(24(29)13-25(22)30-27(28)34)16-3-6-18(7-4-16)35-10-9-31/h3-8,11-13,15,23,31H,9-10,14H2,1-2H3,(H,30,34)(H,32,33). The molecule has 2 atom stereocenters. The Kier molecular flexibility index (Phi) is 5.82. The molecule has 3 aromatic rings. The summed E-state index contributed by atoms with van der Waals surface area (Å²) < 4.78 is 5.44. The smallest absolute Gasteiger partial charge is 0.335 e. The summed E-state index contributed by atoms with van der Waals surface area (Å²) in [7, 11) is 0. The van der Waals surface area contributed by atoms with Gasteiger partial charge in [-0.2, -0.15) is 0 Å². The van der Waals surface area contributed by atoms with E-state index in [1.165, 1.54) is 0 Å². The van der Waals surface area contributed by atoms with Crippen LogP contribution in [0.15, 0.2) is 54.6 Å². The zero-order chi connectivity index (χ0) is 24.9. The van der Waals surface area contributed by atoms with Crippen molar-refractivity contribution in [2.24, 2.45) is 0 Å². The molecule has 1 fully saturated rings.